The molecule has 2 heterocycles. The van der Waals surface area contributed by atoms with Crippen molar-refractivity contribution in [1.29, 1.82) is 5.26 Å². The number of piperidine rings is 1. The number of nitrogens with zero attached hydrogens (tertiary/aromatic N) is 3. The van der Waals surface area contributed by atoms with Crippen molar-refractivity contribution in [2.75, 3.05) is 31.1 Å². The number of rotatable bonds is 4. The molecule has 0 radical (unpaired) electrons. The molecule has 0 saturated carbocycles. The van der Waals surface area contributed by atoms with E-state index in [1.165, 1.54) is 11.1 Å². The fourth-order valence-corrected chi connectivity index (χ4v) is 5.44. The van der Waals surface area contributed by atoms with Crippen molar-refractivity contribution in [3.8, 4) is 6.07 Å². The molecule has 3 aromatic rings. The molecule has 0 bridgehead atoms. The summed E-state index contributed by atoms with van der Waals surface area (Å²) in [7, 11) is 0. The van der Waals surface area contributed by atoms with Crippen LogP contribution in [0, 0.1) is 18.3 Å². The zero-order chi connectivity index (χ0) is 24.4. The van der Waals surface area contributed by atoms with Gasteiger partial charge in [0, 0.05) is 34.8 Å². The van der Waals surface area contributed by atoms with Gasteiger partial charge in [-0.2, -0.15) is 5.26 Å². The molecule has 4 nitrogen and oxygen atoms in total. The van der Waals surface area contributed by atoms with E-state index >= 15 is 0 Å². The van der Waals surface area contributed by atoms with Crippen LogP contribution in [0.3, 0.4) is 0 Å². The topological polar surface area (TPSA) is 47.3 Å². The number of halogens is 1. The third-order valence-corrected chi connectivity index (χ3v) is 7.59. The molecule has 0 aliphatic carbocycles. The molecule has 2 aliphatic rings. The van der Waals surface area contributed by atoms with Gasteiger partial charge in [-0.25, -0.2) is 0 Å². The summed E-state index contributed by atoms with van der Waals surface area (Å²) in [5.74, 6) is 0.00444. The average Bonchev–Trinajstić information content (AvgIpc) is 3.19. The van der Waals surface area contributed by atoms with E-state index < -0.39 is 0 Å². The summed E-state index contributed by atoms with van der Waals surface area (Å²) in [4.78, 5) is 17.9. The highest BCUT2D eigenvalue weighted by Gasteiger charge is 2.46. The summed E-state index contributed by atoms with van der Waals surface area (Å²) in [6, 6.07) is 23.4. The number of hydrogen-bond acceptors (Lipinski definition) is 3. The van der Waals surface area contributed by atoms with Crippen molar-refractivity contribution in [2.45, 2.75) is 25.2 Å². The first-order chi connectivity index (χ1) is 17.0. The first-order valence-corrected chi connectivity index (χ1v) is 12.4. The summed E-state index contributed by atoms with van der Waals surface area (Å²) >= 11 is 5.98. The molecule has 0 unspecified atom stereocenters. The Morgan fingerprint density at radius 3 is 2.46 bits per heavy atom. The highest BCUT2D eigenvalue weighted by atomic mass is 35.5. The van der Waals surface area contributed by atoms with Gasteiger partial charge in [-0.1, -0.05) is 53.6 Å². The fraction of sp³-hybridized carbons (Fsp3) is 0.267. The Bertz CT molecular complexity index is 1300. The van der Waals surface area contributed by atoms with Crippen LogP contribution in [0.2, 0.25) is 5.02 Å². The van der Waals surface area contributed by atoms with Gasteiger partial charge in [-0.05, 0) is 86.4 Å². The fourth-order valence-electron chi connectivity index (χ4n) is 5.31. The van der Waals surface area contributed by atoms with Gasteiger partial charge in [0.1, 0.15) is 0 Å². The summed E-state index contributed by atoms with van der Waals surface area (Å²) < 4.78 is 0. The lowest BCUT2D eigenvalue weighted by Crippen LogP contribution is -2.46. The summed E-state index contributed by atoms with van der Waals surface area (Å²) in [6.07, 6.45) is 6.41. The van der Waals surface area contributed by atoms with E-state index in [0.29, 0.717) is 17.7 Å². The van der Waals surface area contributed by atoms with Crippen LogP contribution in [-0.4, -0.2) is 37.0 Å². The van der Waals surface area contributed by atoms with Crippen LogP contribution in [0.15, 0.2) is 72.8 Å². The maximum Gasteiger partial charge on any atom is 0.258 e. The number of anilines is 1. The zero-order valence-electron chi connectivity index (χ0n) is 19.9. The predicted molar refractivity (Wildman–Crippen MR) is 142 cm³/mol. The molecule has 0 aromatic heterocycles. The Morgan fingerprint density at radius 2 is 1.77 bits per heavy atom. The first-order valence-electron chi connectivity index (χ1n) is 12.1. The lowest BCUT2D eigenvalue weighted by Gasteiger charge is -2.39. The van der Waals surface area contributed by atoms with Crippen molar-refractivity contribution in [3.05, 3.63) is 106 Å². The minimum atomic E-state index is -0.0139. The molecule has 1 saturated heterocycles. The molecule has 1 spiro atoms. The second-order valence-electron chi connectivity index (χ2n) is 9.64. The Hall–Kier alpha value is -3.39. The molecule has 5 heteroatoms. The van der Waals surface area contributed by atoms with Crippen molar-refractivity contribution in [2.24, 2.45) is 0 Å². The van der Waals surface area contributed by atoms with Crippen molar-refractivity contribution < 1.29 is 4.79 Å². The number of aryl methyl sites for hydroxylation is 1. The van der Waals surface area contributed by atoms with E-state index in [1.807, 2.05) is 29.2 Å². The van der Waals surface area contributed by atoms with Gasteiger partial charge in [0.05, 0.1) is 11.6 Å². The number of benzene rings is 3. The number of carbonyl (C=O) groups is 1. The number of amides is 1. The van der Waals surface area contributed by atoms with Crippen LogP contribution in [0.5, 0.6) is 0 Å². The van der Waals surface area contributed by atoms with Crippen LogP contribution >= 0.6 is 11.6 Å². The minimum absolute atomic E-state index is 0.00444. The van der Waals surface area contributed by atoms with Crippen LogP contribution in [0.4, 0.5) is 5.69 Å². The molecule has 2 aliphatic heterocycles. The molecule has 3 aromatic carbocycles. The van der Waals surface area contributed by atoms with Gasteiger partial charge < -0.3 is 4.90 Å². The highest BCUT2D eigenvalue weighted by molar-refractivity contribution is 6.30. The summed E-state index contributed by atoms with van der Waals surface area (Å²) in [6.45, 7) is 5.73. The van der Waals surface area contributed by atoms with E-state index in [1.54, 1.807) is 24.3 Å². The highest BCUT2D eigenvalue weighted by Crippen LogP contribution is 2.47. The van der Waals surface area contributed by atoms with Crippen LogP contribution < -0.4 is 4.90 Å². The number of likely N-dealkylation sites (tertiary alicyclic amines) is 1. The standard InChI is InChI=1S/C30H28ClN3O/c1-22-4-13-28-27(19-22)30(21-34(28)29(35)25-9-5-24(20-32)6-10-25)14-17-33(18-15-30)16-2-3-23-7-11-26(31)12-8-23/h2-13,19H,14-18,21H2,1H3. The first kappa shape index (κ1) is 23.4. The Balaban J connectivity index is 1.31. The summed E-state index contributed by atoms with van der Waals surface area (Å²) in [5, 5.41) is 9.84. The quantitative estimate of drug-likeness (QED) is 0.444. The SMILES string of the molecule is Cc1ccc2c(c1)C1(CCN(CC=Cc3ccc(Cl)cc3)CC1)CN2C(=O)c1ccc(C#N)cc1. The number of nitriles is 1. The van der Waals surface area contributed by atoms with E-state index in [-0.39, 0.29) is 11.3 Å². The van der Waals surface area contributed by atoms with Crippen molar-refractivity contribution in [3.63, 3.8) is 0 Å². The molecule has 5 rings (SSSR count). The number of hydrogen-bond donors (Lipinski definition) is 0. The second-order valence-corrected chi connectivity index (χ2v) is 10.1. The lowest BCUT2D eigenvalue weighted by atomic mass is 9.74. The number of carbonyl (C=O) groups excluding carboxylic acids is 1. The van der Waals surface area contributed by atoms with E-state index in [4.69, 9.17) is 16.9 Å². The molecule has 1 amide bonds. The van der Waals surface area contributed by atoms with Gasteiger partial charge in [0.15, 0.2) is 0 Å². The van der Waals surface area contributed by atoms with Gasteiger partial charge in [-0.15, -0.1) is 0 Å². The van der Waals surface area contributed by atoms with Gasteiger partial charge in [0.2, 0.25) is 0 Å². The van der Waals surface area contributed by atoms with Crippen LogP contribution in [0.1, 0.15) is 45.5 Å². The number of fused-ring (bicyclic) bond motifs is 2. The average molecular weight is 482 g/mol. The Morgan fingerprint density at radius 1 is 1.06 bits per heavy atom. The van der Waals surface area contributed by atoms with E-state index in [0.717, 1.165) is 48.7 Å². The van der Waals surface area contributed by atoms with E-state index in [9.17, 15) is 4.79 Å². The molecule has 0 atom stereocenters. The van der Waals surface area contributed by atoms with Gasteiger partial charge in [-0.3, -0.25) is 9.69 Å². The van der Waals surface area contributed by atoms with Gasteiger partial charge >= 0.3 is 0 Å². The normalized spacial score (nSPS) is 17.0. The van der Waals surface area contributed by atoms with Gasteiger partial charge in [0.25, 0.3) is 5.91 Å². The molecule has 1 fully saturated rings. The molecular weight excluding hydrogens is 454 g/mol. The Kier molecular flexibility index (Phi) is 6.47. The lowest BCUT2D eigenvalue weighted by molar-refractivity contribution is 0.0977. The van der Waals surface area contributed by atoms with Crippen LogP contribution in [0.25, 0.3) is 6.08 Å². The largest absolute Gasteiger partial charge is 0.307 e. The summed E-state index contributed by atoms with van der Waals surface area (Å²) in [5.41, 5.74) is 5.88. The third kappa shape index (κ3) is 4.75. The molecule has 35 heavy (non-hydrogen) atoms. The van der Waals surface area contributed by atoms with Crippen molar-refractivity contribution >= 4 is 29.3 Å². The monoisotopic (exact) mass is 481 g/mol. The van der Waals surface area contributed by atoms with E-state index in [2.05, 4.69) is 48.2 Å². The third-order valence-electron chi connectivity index (χ3n) is 7.34. The smallest absolute Gasteiger partial charge is 0.258 e. The molecule has 176 valence electrons. The maximum atomic E-state index is 13.5. The second kappa shape index (κ2) is 9.70. The Labute approximate surface area is 212 Å². The molecule has 0 N–H and O–H groups in total. The maximum absolute atomic E-state index is 13.5. The molecular formula is C30H28ClN3O. The minimum Gasteiger partial charge on any atom is -0.307 e. The van der Waals surface area contributed by atoms with Crippen LogP contribution in [-0.2, 0) is 5.41 Å². The predicted octanol–water partition coefficient (Wildman–Crippen LogP) is 6.23. The van der Waals surface area contributed by atoms with Crippen molar-refractivity contribution in [1.82, 2.24) is 4.90 Å². The zero-order valence-corrected chi connectivity index (χ0v) is 20.6.